The number of hydrogen-bond donors (Lipinski definition) is 2. The van der Waals surface area contributed by atoms with Crippen LogP contribution in [0.5, 0.6) is 5.75 Å². The van der Waals surface area contributed by atoms with Crippen LogP contribution in [0.3, 0.4) is 0 Å². The molecule has 94 valence electrons. The number of ether oxygens (including phenoxy) is 1. The summed E-state index contributed by atoms with van der Waals surface area (Å²) in [4.78, 5) is 0. The van der Waals surface area contributed by atoms with E-state index in [0.29, 0.717) is 12.0 Å². The maximum atomic E-state index is 5.77. The van der Waals surface area contributed by atoms with E-state index in [2.05, 4.69) is 17.4 Å². The van der Waals surface area contributed by atoms with Crippen LogP contribution in [0.15, 0.2) is 24.3 Å². The lowest BCUT2D eigenvalue weighted by Crippen LogP contribution is -2.35. The van der Waals surface area contributed by atoms with Gasteiger partial charge in [0.15, 0.2) is 0 Å². The van der Waals surface area contributed by atoms with Crippen LogP contribution >= 0.6 is 0 Å². The molecular weight excluding hydrogens is 212 g/mol. The molecule has 0 amide bonds. The van der Waals surface area contributed by atoms with Crippen molar-refractivity contribution in [3.05, 3.63) is 29.8 Å². The van der Waals surface area contributed by atoms with E-state index in [4.69, 9.17) is 10.5 Å². The highest BCUT2D eigenvalue weighted by molar-refractivity contribution is 5.27. The van der Waals surface area contributed by atoms with Crippen LogP contribution in [0.1, 0.15) is 24.8 Å². The average Bonchev–Trinajstić information content (AvgIpc) is 2.84. The van der Waals surface area contributed by atoms with Crippen molar-refractivity contribution in [1.29, 1.82) is 0 Å². The largest absolute Gasteiger partial charge is 0.497 e. The smallest absolute Gasteiger partial charge is 0.118 e. The number of nitrogens with one attached hydrogen (secondary N) is 1. The van der Waals surface area contributed by atoms with E-state index in [1.807, 2.05) is 12.1 Å². The van der Waals surface area contributed by atoms with Crippen LogP contribution in [-0.2, 0) is 6.54 Å². The lowest BCUT2D eigenvalue weighted by Gasteiger charge is -2.19. The van der Waals surface area contributed by atoms with E-state index in [0.717, 1.165) is 18.8 Å². The standard InChI is InChI=1S/C14H22N2O/c1-17-13-7-5-11(6-8-13)10-16-14-4-2-3-12(14)9-15/h5-8,12,14,16H,2-4,9-10,15H2,1H3. The van der Waals surface area contributed by atoms with Gasteiger partial charge in [-0.1, -0.05) is 18.6 Å². The first kappa shape index (κ1) is 12.4. The minimum atomic E-state index is 0.599. The molecule has 0 aliphatic heterocycles. The number of benzene rings is 1. The fourth-order valence-electron chi connectivity index (χ4n) is 2.58. The molecule has 0 spiro atoms. The highest BCUT2D eigenvalue weighted by Crippen LogP contribution is 2.24. The summed E-state index contributed by atoms with van der Waals surface area (Å²) in [7, 11) is 1.69. The van der Waals surface area contributed by atoms with Crippen LogP contribution in [0.4, 0.5) is 0 Å². The molecule has 17 heavy (non-hydrogen) atoms. The second-order valence-corrected chi connectivity index (χ2v) is 4.76. The fourth-order valence-corrected chi connectivity index (χ4v) is 2.58. The quantitative estimate of drug-likeness (QED) is 0.818. The van der Waals surface area contributed by atoms with Gasteiger partial charge >= 0.3 is 0 Å². The molecular formula is C14H22N2O. The van der Waals surface area contributed by atoms with Crippen LogP contribution in [-0.4, -0.2) is 19.7 Å². The molecule has 1 aliphatic rings. The van der Waals surface area contributed by atoms with E-state index < -0.39 is 0 Å². The fraction of sp³-hybridized carbons (Fsp3) is 0.571. The molecule has 0 aromatic heterocycles. The average molecular weight is 234 g/mol. The van der Waals surface area contributed by atoms with Gasteiger partial charge in [-0.2, -0.15) is 0 Å². The molecule has 3 nitrogen and oxygen atoms in total. The van der Waals surface area contributed by atoms with Gasteiger partial charge in [0, 0.05) is 12.6 Å². The second kappa shape index (κ2) is 6.03. The van der Waals surface area contributed by atoms with Gasteiger partial charge in [-0.05, 0) is 43.0 Å². The molecule has 3 heteroatoms. The Balaban J connectivity index is 1.84. The molecule has 1 aromatic carbocycles. The molecule has 1 aliphatic carbocycles. The summed E-state index contributed by atoms with van der Waals surface area (Å²) in [6.07, 6.45) is 3.84. The topological polar surface area (TPSA) is 47.3 Å². The summed E-state index contributed by atoms with van der Waals surface area (Å²) in [5.74, 6) is 1.57. The molecule has 0 bridgehead atoms. The van der Waals surface area contributed by atoms with Crippen molar-refractivity contribution in [2.75, 3.05) is 13.7 Å². The number of rotatable bonds is 5. The Morgan fingerprint density at radius 3 is 2.71 bits per heavy atom. The molecule has 1 aromatic rings. The maximum absolute atomic E-state index is 5.77. The van der Waals surface area contributed by atoms with Crippen LogP contribution < -0.4 is 15.8 Å². The molecule has 0 radical (unpaired) electrons. The van der Waals surface area contributed by atoms with Gasteiger partial charge < -0.3 is 15.8 Å². The summed E-state index contributed by atoms with van der Waals surface area (Å²) >= 11 is 0. The predicted molar refractivity (Wildman–Crippen MR) is 70.0 cm³/mol. The highest BCUT2D eigenvalue weighted by Gasteiger charge is 2.25. The van der Waals surface area contributed by atoms with Crippen molar-refractivity contribution in [2.45, 2.75) is 31.8 Å². The van der Waals surface area contributed by atoms with Crippen molar-refractivity contribution in [3.8, 4) is 5.75 Å². The molecule has 0 saturated heterocycles. The minimum Gasteiger partial charge on any atom is -0.497 e. The molecule has 1 fully saturated rings. The zero-order valence-corrected chi connectivity index (χ0v) is 10.5. The van der Waals surface area contributed by atoms with Crippen molar-refractivity contribution >= 4 is 0 Å². The van der Waals surface area contributed by atoms with E-state index >= 15 is 0 Å². The summed E-state index contributed by atoms with van der Waals surface area (Å²) in [5.41, 5.74) is 7.07. The lowest BCUT2D eigenvalue weighted by molar-refractivity contribution is 0.405. The first-order valence-electron chi connectivity index (χ1n) is 6.40. The van der Waals surface area contributed by atoms with Crippen LogP contribution in [0.2, 0.25) is 0 Å². The molecule has 2 atom stereocenters. The zero-order valence-electron chi connectivity index (χ0n) is 10.5. The third-order valence-electron chi connectivity index (χ3n) is 3.69. The Bertz CT molecular complexity index is 337. The highest BCUT2D eigenvalue weighted by atomic mass is 16.5. The Kier molecular flexibility index (Phi) is 4.40. The summed E-state index contributed by atoms with van der Waals surface area (Å²) in [6, 6.07) is 8.83. The van der Waals surface area contributed by atoms with Gasteiger partial charge in [-0.3, -0.25) is 0 Å². The lowest BCUT2D eigenvalue weighted by atomic mass is 10.0. The first-order valence-corrected chi connectivity index (χ1v) is 6.40. The van der Waals surface area contributed by atoms with E-state index in [9.17, 15) is 0 Å². The number of methoxy groups -OCH3 is 1. The van der Waals surface area contributed by atoms with E-state index in [1.165, 1.54) is 24.8 Å². The third-order valence-corrected chi connectivity index (χ3v) is 3.69. The predicted octanol–water partition coefficient (Wildman–Crippen LogP) is 1.91. The van der Waals surface area contributed by atoms with Crippen LogP contribution in [0.25, 0.3) is 0 Å². The molecule has 1 saturated carbocycles. The Hall–Kier alpha value is -1.06. The molecule has 3 N–H and O–H groups in total. The summed E-state index contributed by atoms with van der Waals surface area (Å²) < 4.78 is 5.14. The summed E-state index contributed by atoms with van der Waals surface area (Å²) in [5, 5.41) is 3.62. The van der Waals surface area contributed by atoms with Crippen molar-refractivity contribution in [1.82, 2.24) is 5.32 Å². The van der Waals surface area contributed by atoms with Crippen molar-refractivity contribution in [3.63, 3.8) is 0 Å². The molecule has 0 heterocycles. The first-order chi connectivity index (χ1) is 8.33. The Morgan fingerprint density at radius 1 is 1.29 bits per heavy atom. The Morgan fingerprint density at radius 2 is 2.06 bits per heavy atom. The molecule has 2 unspecified atom stereocenters. The van der Waals surface area contributed by atoms with Gasteiger partial charge in [-0.15, -0.1) is 0 Å². The summed E-state index contributed by atoms with van der Waals surface area (Å²) in [6.45, 7) is 1.73. The van der Waals surface area contributed by atoms with Gasteiger partial charge in [-0.25, -0.2) is 0 Å². The van der Waals surface area contributed by atoms with Crippen molar-refractivity contribution in [2.24, 2.45) is 11.7 Å². The van der Waals surface area contributed by atoms with Gasteiger partial charge in [0.05, 0.1) is 7.11 Å². The molecule has 2 rings (SSSR count). The Labute approximate surface area is 103 Å². The number of hydrogen-bond acceptors (Lipinski definition) is 3. The SMILES string of the molecule is COc1ccc(CNC2CCCC2CN)cc1. The maximum Gasteiger partial charge on any atom is 0.118 e. The van der Waals surface area contributed by atoms with E-state index in [-0.39, 0.29) is 0 Å². The van der Waals surface area contributed by atoms with Gasteiger partial charge in [0.2, 0.25) is 0 Å². The number of nitrogens with two attached hydrogens (primary N) is 1. The third kappa shape index (κ3) is 3.20. The minimum absolute atomic E-state index is 0.599. The van der Waals surface area contributed by atoms with E-state index in [1.54, 1.807) is 7.11 Å². The van der Waals surface area contributed by atoms with Crippen molar-refractivity contribution < 1.29 is 4.74 Å². The second-order valence-electron chi connectivity index (χ2n) is 4.76. The van der Waals surface area contributed by atoms with Crippen LogP contribution in [0, 0.1) is 5.92 Å². The van der Waals surface area contributed by atoms with Gasteiger partial charge in [0.1, 0.15) is 5.75 Å². The van der Waals surface area contributed by atoms with Gasteiger partial charge in [0.25, 0.3) is 0 Å². The normalized spacial score (nSPS) is 23.9. The zero-order chi connectivity index (χ0) is 12.1. The monoisotopic (exact) mass is 234 g/mol.